The van der Waals surface area contributed by atoms with Crippen LogP contribution in [0.5, 0.6) is 0 Å². The second-order valence-corrected chi connectivity index (χ2v) is 4.98. The van der Waals surface area contributed by atoms with Crippen molar-refractivity contribution >= 4 is 0 Å². The van der Waals surface area contributed by atoms with Crippen LogP contribution >= 0.6 is 0 Å². The lowest BCUT2D eigenvalue weighted by Crippen LogP contribution is -2.53. The number of ether oxygens (including phenoxy) is 2. The molecule has 1 atom stereocenters. The third kappa shape index (κ3) is 2.69. The maximum atomic E-state index is 9.31. The normalized spacial score (nSPS) is 29.4. The Labute approximate surface area is 91.2 Å². The summed E-state index contributed by atoms with van der Waals surface area (Å²) in [6, 6.07) is 0. The second kappa shape index (κ2) is 4.78. The Morgan fingerprint density at radius 1 is 1.47 bits per heavy atom. The van der Waals surface area contributed by atoms with E-state index in [9.17, 15) is 5.11 Å². The number of hydrogen-bond acceptors (Lipinski definition) is 4. The van der Waals surface area contributed by atoms with Crippen molar-refractivity contribution in [3.63, 3.8) is 0 Å². The highest BCUT2D eigenvalue weighted by Crippen LogP contribution is 2.27. The van der Waals surface area contributed by atoms with Crippen molar-refractivity contribution in [2.24, 2.45) is 5.41 Å². The van der Waals surface area contributed by atoms with Gasteiger partial charge in [-0.2, -0.15) is 0 Å². The third-order valence-electron chi connectivity index (χ3n) is 3.30. The van der Waals surface area contributed by atoms with Crippen molar-refractivity contribution in [2.75, 3.05) is 46.6 Å². The van der Waals surface area contributed by atoms with Gasteiger partial charge in [-0.25, -0.2) is 0 Å². The predicted molar refractivity (Wildman–Crippen MR) is 56.8 cm³/mol. The Kier molecular flexibility index (Phi) is 3.61. The maximum Gasteiger partial charge on any atom is 0.0702 e. The van der Waals surface area contributed by atoms with Gasteiger partial charge in [-0.15, -0.1) is 0 Å². The first kappa shape index (κ1) is 11.3. The van der Waals surface area contributed by atoms with Crippen molar-refractivity contribution < 1.29 is 14.6 Å². The fourth-order valence-electron chi connectivity index (χ4n) is 2.40. The summed E-state index contributed by atoms with van der Waals surface area (Å²) < 4.78 is 10.8. The summed E-state index contributed by atoms with van der Waals surface area (Å²) >= 11 is 0. The Morgan fingerprint density at radius 3 is 2.73 bits per heavy atom. The van der Waals surface area contributed by atoms with E-state index in [1.807, 2.05) is 0 Å². The molecule has 0 bridgehead atoms. The lowest BCUT2D eigenvalue weighted by molar-refractivity contribution is -0.148. The van der Waals surface area contributed by atoms with Crippen LogP contribution in [0.2, 0.25) is 0 Å². The molecule has 2 rings (SSSR count). The number of aliphatic hydroxyl groups is 1. The van der Waals surface area contributed by atoms with Crippen molar-refractivity contribution in [3.8, 4) is 0 Å². The van der Waals surface area contributed by atoms with E-state index in [1.165, 1.54) is 12.8 Å². The van der Waals surface area contributed by atoms with Gasteiger partial charge in [-0.3, -0.25) is 0 Å². The van der Waals surface area contributed by atoms with Gasteiger partial charge in [0.1, 0.15) is 0 Å². The minimum Gasteiger partial charge on any atom is -0.396 e. The van der Waals surface area contributed by atoms with Gasteiger partial charge in [-0.05, 0) is 19.9 Å². The van der Waals surface area contributed by atoms with Crippen molar-refractivity contribution in [1.82, 2.24) is 4.90 Å². The summed E-state index contributed by atoms with van der Waals surface area (Å²) in [6.45, 7) is 4.40. The van der Waals surface area contributed by atoms with E-state index in [2.05, 4.69) is 11.9 Å². The zero-order valence-corrected chi connectivity index (χ0v) is 9.45. The Bertz CT molecular complexity index is 194. The quantitative estimate of drug-likeness (QED) is 0.706. The molecule has 0 spiro atoms. The summed E-state index contributed by atoms with van der Waals surface area (Å²) in [4.78, 5) is 2.26. The van der Waals surface area contributed by atoms with E-state index in [-0.39, 0.29) is 12.0 Å². The summed E-state index contributed by atoms with van der Waals surface area (Å²) in [5.74, 6) is 0. The molecular weight excluding hydrogens is 194 g/mol. The zero-order valence-electron chi connectivity index (χ0n) is 9.45. The molecule has 4 heteroatoms. The highest BCUT2D eigenvalue weighted by atomic mass is 16.5. The minimum atomic E-state index is -0.00659. The Morgan fingerprint density at radius 2 is 2.27 bits per heavy atom. The molecule has 0 radical (unpaired) electrons. The molecule has 0 aliphatic carbocycles. The molecule has 2 fully saturated rings. The van der Waals surface area contributed by atoms with Crippen LogP contribution in [0.15, 0.2) is 0 Å². The fraction of sp³-hybridized carbons (Fsp3) is 1.00. The molecular formula is C11H21NO3. The second-order valence-electron chi connectivity index (χ2n) is 4.98. The van der Waals surface area contributed by atoms with E-state index in [4.69, 9.17) is 9.47 Å². The van der Waals surface area contributed by atoms with Crippen LogP contribution in [-0.4, -0.2) is 62.7 Å². The van der Waals surface area contributed by atoms with Gasteiger partial charge in [0, 0.05) is 19.7 Å². The van der Waals surface area contributed by atoms with Crippen LogP contribution in [0.4, 0.5) is 0 Å². The van der Waals surface area contributed by atoms with Crippen LogP contribution in [0.3, 0.4) is 0 Å². The number of rotatable bonds is 5. The Balaban J connectivity index is 1.73. The van der Waals surface area contributed by atoms with E-state index in [1.54, 1.807) is 0 Å². The summed E-state index contributed by atoms with van der Waals surface area (Å²) in [5.41, 5.74) is -0.00659. The first-order valence-corrected chi connectivity index (χ1v) is 5.73. The largest absolute Gasteiger partial charge is 0.396 e. The average Bonchev–Trinajstić information content (AvgIpc) is 2.64. The van der Waals surface area contributed by atoms with Gasteiger partial charge in [0.25, 0.3) is 0 Å². The van der Waals surface area contributed by atoms with E-state index in [0.29, 0.717) is 19.3 Å². The van der Waals surface area contributed by atoms with Crippen molar-refractivity contribution in [2.45, 2.75) is 18.9 Å². The molecule has 1 unspecified atom stereocenters. The van der Waals surface area contributed by atoms with Crippen LogP contribution in [0.1, 0.15) is 12.8 Å². The van der Waals surface area contributed by atoms with E-state index < -0.39 is 0 Å². The first-order valence-electron chi connectivity index (χ1n) is 5.73. The minimum absolute atomic E-state index is 0.00659. The number of nitrogens with zero attached hydrogens (tertiary/aromatic N) is 1. The molecule has 0 aromatic carbocycles. The molecule has 0 saturated carbocycles. The van der Waals surface area contributed by atoms with Gasteiger partial charge in [-0.1, -0.05) is 0 Å². The van der Waals surface area contributed by atoms with Gasteiger partial charge in [0.05, 0.1) is 31.3 Å². The lowest BCUT2D eigenvalue weighted by atomic mass is 9.86. The molecule has 4 nitrogen and oxygen atoms in total. The van der Waals surface area contributed by atoms with Crippen LogP contribution in [0, 0.1) is 5.41 Å². The van der Waals surface area contributed by atoms with E-state index in [0.717, 1.165) is 19.7 Å². The van der Waals surface area contributed by atoms with Crippen molar-refractivity contribution in [1.29, 1.82) is 0 Å². The van der Waals surface area contributed by atoms with Gasteiger partial charge < -0.3 is 19.5 Å². The topological polar surface area (TPSA) is 41.9 Å². The molecule has 0 amide bonds. The lowest BCUT2D eigenvalue weighted by Gasteiger charge is -2.42. The van der Waals surface area contributed by atoms with E-state index >= 15 is 0 Å². The third-order valence-corrected chi connectivity index (χ3v) is 3.30. The molecule has 0 aromatic rings. The molecule has 88 valence electrons. The van der Waals surface area contributed by atoms with Crippen LogP contribution in [-0.2, 0) is 9.47 Å². The highest BCUT2D eigenvalue weighted by Gasteiger charge is 2.39. The molecule has 15 heavy (non-hydrogen) atoms. The summed E-state index contributed by atoms with van der Waals surface area (Å²) in [7, 11) is 2.09. The van der Waals surface area contributed by atoms with Gasteiger partial charge in [0.2, 0.25) is 0 Å². The molecule has 2 aliphatic rings. The molecule has 2 aliphatic heterocycles. The van der Waals surface area contributed by atoms with Crippen LogP contribution in [0.25, 0.3) is 0 Å². The summed E-state index contributed by atoms with van der Waals surface area (Å²) in [6.07, 6.45) is 2.76. The van der Waals surface area contributed by atoms with Crippen molar-refractivity contribution in [3.05, 3.63) is 0 Å². The molecule has 0 aromatic heterocycles. The number of hydrogen-bond donors (Lipinski definition) is 1. The Hall–Kier alpha value is -0.160. The smallest absolute Gasteiger partial charge is 0.0702 e. The fourth-order valence-corrected chi connectivity index (χ4v) is 2.40. The number of aliphatic hydroxyl groups excluding tert-OH is 1. The molecule has 2 saturated heterocycles. The predicted octanol–water partition coefficient (Wildman–Crippen LogP) is 0.106. The maximum absolute atomic E-state index is 9.31. The monoisotopic (exact) mass is 215 g/mol. The number of likely N-dealkylation sites (N-methyl/N-ethyl adjacent to an activating group) is 1. The van der Waals surface area contributed by atoms with Gasteiger partial charge >= 0.3 is 0 Å². The zero-order chi connectivity index (χ0) is 10.7. The molecule has 1 N–H and O–H groups in total. The SMILES string of the molecule is CN(CC1CCCO1)CC1(CO)COC1. The van der Waals surface area contributed by atoms with Crippen LogP contribution < -0.4 is 0 Å². The van der Waals surface area contributed by atoms with Gasteiger partial charge in [0.15, 0.2) is 0 Å². The highest BCUT2D eigenvalue weighted by molar-refractivity contribution is 4.88. The average molecular weight is 215 g/mol. The summed E-state index contributed by atoms with van der Waals surface area (Å²) in [5, 5.41) is 9.31. The standard InChI is InChI=1S/C11H21NO3/c1-12(5-10-3-2-4-15-10)6-11(7-13)8-14-9-11/h10,13H,2-9H2,1H3. The molecule has 2 heterocycles. The first-order chi connectivity index (χ1) is 7.24.